The Bertz CT molecular complexity index is 674. The minimum atomic E-state index is -0.987. The van der Waals surface area contributed by atoms with E-state index in [4.69, 9.17) is 5.11 Å². The summed E-state index contributed by atoms with van der Waals surface area (Å²) in [7, 11) is 1.84. The smallest absolute Gasteiger partial charge is 0.337 e. The molecule has 6 heteroatoms. The van der Waals surface area contributed by atoms with Gasteiger partial charge in [-0.1, -0.05) is 12.1 Å². The van der Waals surface area contributed by atoms with Gasteiger partial charge in [-0.25, -0.2) is 4.79 Å². The van der Waals surface area contributed by atoms with Crippen LogP contribution in [0.5, 0.6) is 0 Å². The molecule has 1 heterocycles. The van der Waals surface area contributed by atoms with Gasteiger partial charge in [0.05, 0.1) is 22.7 Å². The summed E-state index contributed by atoms with van der Waals surface area (Å²) in [6, 6.07) is 6.65. The summed E-state index contributed by atoms with van der Waals surface area (Å²) in [6.45, 7) is 3.75. The average molecular weight is 272 g/mol. The molecule has 0 fully saturated rings. The molecule has 0 radical (unpaired) electrons. The number of hydrazone groups is 1. The van der Waals surface area contributed by atoms with Gasteiger partial charge in [0.15, 0.2) is 0 Å². The van der Waals surface area contributed by atoms with Crippen molar-refractivity contribution in [2.24, 2.45) is 12.1 Å². The van der Waals surface area contributed by atoms with Gasteiger partial charge in [-0.3, -0.25) is 10.1 Å². The van der Waals surface area contributed by atoms with Gasteiger partial charge < -0.3 is 5.11 Å². The second kappa shape index (κ2) is 5.56. The van der Waals surface area contributed by atoms with E-state index in [-0.39, 0.29) is 5.56 Å². The topological polar surface area (TPSA) is 79.5 Å². The second-order valence-corrected chi connectivity index (χ2v) is 4.46. The third-order valence-electron chi connectivity index (χ3n) is 2.90. The maximum Gasteiger partial charge on any atom is 0.337 e. The lowest BCUT2D eigenvalue weighted by atomic mass is 10.2. The van der Waals surface area contributed by atoms with Crippen LogP contribution in [0.25, 0.3) is 0 Å². The number of para-hydroxylation sites is 1. The summed E-state index contributed by atoms with van der Waals surface area (Å²) in [5, 5.41) is 17.6. The van der Waals surface area contributed by atoms with Crippen molar-refractivity contribution in [2.75, 3.05) is 5.43 Å². The molecule has 2 aromatic rings. The van der Waals surface area contributed by atoms with Crippen LogP contribution in [0, 0.1) is 6.92 Å². The van der Waals surface area contributed by atoms with Gasteiger partial charge >= 0.3 is 5.97 Å². The monoisotopic (exact) mass is 272 g/mol. The van der Waals surface area contributed by atoms with Crippen molar-refractivity contribution in [3.63, 3.8) is 0 Å². The molecule has 0 aliphatic carbocycles. The van der Waals surface area contributed by atoms with E-state index in [0.29, 0.717) is 5.69 Å². The van der Waals surface area contributed by atoms with Crippen LogP contribution in [-0.2, 0) is 7.05 Å². The zero-order valence-electron chi connectivity index (χ0n) is 11.6. The van der Waals surface area contributed by atoms with Gasteiger partial charge in [-0.05, 0) is 26.0 Å². The molecule has 0 aliphatic heterocycles. The van der Waals surface area contributed by atoms with E-state index >= 15 is 0 Å². The minimum absolute atomic E-state index is 0.187. The van der Waals surface area contributed by atoms with Gasteiger partial charge in [0.1, 0.15) is 0 Å². The highest BCUT2D eigenvalue weighted by atomic mass is 16.4. The Morgan fingerprint density at radius 3 is 2.65 bits per heavy atom. The summed E-state index contributed by atoms with van der Waals surface area (Å²) in [5.41, 5.74) is 5.99. The predicted molar refractivity (Wildman–Crippen MR) is 77.2 cm³/mol. The number of carboxylic acid groups (broad SMARTS) is 1. The van der Waals surface area contributed by atoms with Crippen LogP contribution in [0.1, 0.15) is 28.5 Å². The van der Waals surface area contributed by atoms with E-state index in [9.17, 15) is 4.79 Å². The second-order valence-electron chi connectivity index (χ2n) is 4.46. The fraction of sp³-hybridized carbons (Fsp3) is 0.214. The lowest BCUT2D eigenvalue weighted by Crippen LogP contribution is -2.05. The molecule has 2 rings (SSSR count). The van der Waals surface area contributed by atoms with Gasteiger partial charge in [0, 0.05) is 18.8 Å². The number of nitrogens with zero attached hydrogens (tertiary/aromatic N) is 3. The first-order valence-corrected chi connectivity index (χ1v) is 6.12. The highest BCUT2D eigenvalue weighted by Gasteiger charge is 2.09. The van der Waals surface area contributed by atoms with E-state index in [0.717, 1.165) is 17.0 Å². The predicted octanol–water partition coefficient (Wildman–Crippen LogP) is 2.26. The summed E-state index contributed by atoms with van der Waals surface area (Å²) in [4.78, 5) is 11.1. The molecular weight excluding hydrogens is 256 g/mol. The van der Waals surface area contributed by atoms with Crippen LogP contribution in [-0.4, -0.2) is 26.6 Å². The first-order valence-electron chi connectivity index (χ1n) is 6.12. The number of nitrogens with one attached hydrogen (secondary N) is 1. The number of aromatic carboxylic acids is 1. The van der Waals surface area contributed by atoms with Crippen molar-refractivity contribution in [3.8, 4) is 0 Å². The maximum absolute atomic E-state index is 11.1. The van der Waals surface area contributed by atoms with Crippen LogP contribution >= 0.6 is 0 Å². The number of aromatic nitrogens is 2. The molecule has 0 bridgehead atoms. The molecule has 1 aromatic carbocycles. The van der Waals surface area contributed by atoms with E-state index in [1.54, 1.807) is 22.9 Å². The molecule has 104 valence electrons. The lowest BCUT2D eigenvalue weighted by Gasteiger charge is -2.06. The molecular formula is C14H16N4O2. The number of carboxylic acids is 1. The summed E-state index contributed by atoms with van der Waals surface area (Å²) >= 11 is 0. The zero-order valence-corrected chi connectivity index (χ0v) is 11.6. The number of rotatable bonds is 4. The summed E-state index contributed by atoms with van der Waals surface area (Å²) in [6.07, 6.45) is 1.87. The van der Waals surface area contributed by atoms with Crippen LogP contribution in [0.3, 0.4) is 0 Å². The minimum Gasteiger partial charge on any atom is -0.478 e. The molecule has 0 aliphatic rings. The molecule has 0 atom stereocenters. The van der Waals surface area contributed by atoms with Gasteiger partial charge in [0.25, 0.3) is 0 Å². The Morgan fingerprint density at radius 2 is 2.05 bits per heavy atom. The van der Waals surface area contributed by atoms with Crippen molar-refractivity contribution in [1.82, 2.24) is 9.78 Å². The molecule has 6 nitrogen and oxygen atoms in total. The first-order chi connectivity index (χ1) is 9.49. The lowest BCUT2D eigenvalue weighted by molar-refractivity contribution is 0.0698. The number of hydrogen-bond acceptors (Lipinski definition) is 4. The van der Waals surface area contributed by atoms with E-state index < -0.39 is 5.97 Å². The van der Waals surface area contributed by atoms with Crippen molar-refractivity contribution < 1.29 is 9.90 Å². The Morgan fingerprint density at radius 1 is 1.35 bits per heavy atom. The van der Waals surface area contributed by atoms with Crippen LogP contribution in [0.4, 0.5) is 5.69 Å². The number of hydrogen-bond donors (Lipinski definition) is 2. The number of anilines is 1. The largest absolute Gasteiger partial charge is 0.478 e. The highest BCUT2D eigenvalue weighted by Crippen LogP contribution is 2.15. The van der Waals surface area contributed by atoms with Crippen molar-refractivity contribution in [2.45, 2.75) is 13.8 Å². The fourth-order valence-electron chi connectivity index (χ4n) is 1.93. The molecule has 0 saturated carbocycles. The Kier molecular flexibility index (Phi) is 3.84. The summed E-state index contributed by atoms with van der Waals surface area (Å²) in [5.74, 6) is -0.987. The van der Waals surface area contributed by atoms with Gasteiger partial charge in [-0.2, -0.15) is 10.2 Å². The average Bonchev–Trinajstić information content (AvgIpc) is 2.75. The number of aryl methyl sites for hydroxylation is 2. The number of carbonyl (C=O) groups is 1. The zero-order chi connectivity index (χ0) is 14.7. The highest BCUT2D eigenvalue weighted by molar-refractivity contribution is 6.00. The van der Waals surface area contributed by atoms with Crippen molar-refractivity contribution in [1.29, 1.82) is 0 Å². The van der Waals surface area contributed by atoms with Crippen molar-refractivity contribution in [3.05, 3.63) is 47.3 Å². The van der Waals surface area contributed by atoms with Gasteiger partial charge in [-0.15, -0.1) is 0 Å². The summed E-state index contributed by atoms with van der Waals surface area (Å²) < 4.78 is 1.72. The third kappa shape index (κ3) is 2.85. The fourth-order valence-corrected chi connectivity index (χ4v) is 1.93. The number of benzene rings is 1. The molecule has 1 aromatic heterocycles. The van der Waals surface area contributed by atoms with E-state index in [1.807, 2.05) is 27.1 Å². The Labute approximate surface area is 116 Å². The molecule has 0 unspecified atom stereocenters. The van der Waals surface area contributed by atoms with E-state index in [1.165, 1.54) is 6.07 Å². The van der Waals surface area contributed by atoms with Crippen LogP contribution < -0.4 is 5.43 Å². The van der Waals surface area contributed by atoms with Crippen LogP contribution in [0.2, 0.25) is 0 Å². The Balaban J connectivity index is 2.25. The quantitative estimate of drug-likeness (QED) is 0.661. The van der Waals surface area contributed by atoms with E-state index in [2.05, 4.69) is 15.6 Å². The SMILES string of the molecule is CC(=NNc1ccccc1C(=O)O)c1cn(C)nc1C. The molecule has 0 amide bonds. The van der Waals surface area contributed by atoms with Crippen LogP contribution in [0.15, 0.2) is 35.6 Å². The molecule has 0 spiro atoms. The third-order valence-corrected chi connectivity index (χ3v) is 2.90. The standard InChI is InChI=1S/C14H16N4O2/c1-9(12-8-18(3)17-10(12)2)15-16-13-7-5-4-6-11(13)14(19)20/h4-8,16H,1-3H3,(H,19,20). The molecule has 0 saturated heterocycles. The van der Waals surface area contributed by atoms with Gasteiger partial charge in [0.2, 0.25) is 0 Å². The normalized spacial score (nSPS) is 11.4. The molecule has 20 heavy (non-hydrogen) atoms. The first kappa shape index (κ1) is 13.8. The maximum atomic E-state index is 11.1. The molecule has 2 N–H and O–H groups in total. The van der Waals surface area contributed by atoms with Crippen molar-refractivity contribution >= 4 is 17.4 Å². The Hall–Kier alpha value is -2.63.